The average molecular weight is 277 g/mol. The normalized spacial score (nSPS) is 22.2. The van der Waals surface area contributed by atoms with Crippen LogP contribution < -0.4 is 0 Å². The van der Waals surface area contributed by atoms with Crippen molar-refractivity contribution in [2.75, 3.05) is 0 Å². The zero-order valence-corrected chi connectivity index (χ0v) is 10.8. The van der Waals surface area contributed by atoms with E-state index in [1.807, 2.05) is 0 Å². The van der Waals surface area contributed by atoms with Gasteiger partial charge in [-0.05, 0) is 12.8 Å². The largest absolute Gasteiger partial charge is 0.481 e. The van der Waals surface area contributed by atoms with Gasteiger partial charge in [0.1, 0.15) is 0 Å². The van der Waals surface area contributed by atoms with Gasteiger partial charge < -0.3 is 5.11 Å². The fourth-order valence-electron chi connectivity index (χ4n) is 2.73. The molecule has 1 aliphatic rings. The topological polar surface area (TPSA) is 97.5 Å². The van der Waals surface area contributed by atoms with E-state index in [0.717, 1.165) is 12.8 Å². The van der Waals surface area contributed by atoms with E-state index in [9.17, 15) is 24.8 Å². The van der Waals surface area contributed by atoms with Crippen molar-refractivity contribution in [2.45, 2.75) is 25.7 Å². The van der Waals surface area contributed by atoms with Crippen molar-refractivity contribution in [2.24, 2.45) is 11.8 Å². The van der Waals surface area contributed by atoms with Crippen molar-refractivity contribution >= 4 is 17.4 Å². The van der Waals surface area contributed by atoms with Crippen LogP contribution in [0.15, 0.2) is 24.3 Å². The number of rotatable bonds is 4. The first-order chi connectivity index (χ1) is 9.50. The molecule has 0 heterocycles. The number of carbonyl (C=O) groups excluding carboxylic acids is 1. The maximum Gasteiger partial charge on any atom is 0.307 e. The lowest BCUT2D eigenvalue weighted by Crippen LogP contribution is -2.32. The van der Waals surface area contributed by atoms with E-state index in [1.165, 1.54) is 24.3 Å². The van der Waals surface area contributed by atoms with E-state index in [0.29, 0.717) is 12.8 Å². The molecular formula is C14H15NO5. The van der Waals surface area contributed by atoms with Crippen LogP contribution in [0.25, 0.3) is 0 Å². The van der Waals surface area contributed by atoms with Gasteiger partial charge in [-0.3, -0.25) is 19.7 Å². The van der Waals surface area contributed by atoms with Crippen molar-refractivity contribution in [3.8, 4) is 0 Å². The van der Waals surface area contributed by atoms with Gasteiger partial charge in [0.25, 0.3) is 5.69 Å². The molecule has 0 unspecified atom stereocenters. The third kappa shape index (κ3) is 2.84. The van der Waals surface area contributed by atoms with E-state index < -0.39 is 22.7 Å². The number of benzene rings is 1. The van der Waals surface area contributed by atoms with E-state index in [-0.39, 0.29) is 17.0 Å². The number of carboxylic acids is 1. The Morgan fingerprint density at radius 1 is 1.20 bits per heavy atom. The molecule has 1 saturated carbocycles. The fraction of sp³-hybridized carbons (Fsp3) is 0.429. The summed E-state index contributed by atoms with van der Waals surface area (Å²) in [5.41, 5.74) is 0.0656. The van der Waals surface area contributed by atoms with Gasteiger partial charge in [-0.15, -0.1) is 0 Å². The van der Waals surface area contributed by atoms with Crippen LogP contribution in [0.5, 0.6) is 0 Å². The minimum absolute atomic E-state index is 0.154. The predicted octanol–water partition coefficient (Wildman–Crippen LogP) is 2.67. The summed E-state index contributed by atoms with van der Waals surface area (Å²) in [7, 11) is 0. The monoisotopic (exact) mass is 277 g/mol. The minimum Gasteiger partial charge on any atom is -0.481 e. The molecule has 2 rings (SSSR count). The van der Waals surface area contributed by atoms with Gasteiger partial charge in [0.05, 0.1) is 10.8 Å². The molecule has 1 N–H and O–H groups in total. The smallest absolute Gasteiger partial charge is 0.307 e. The summed E-state index contributed by atoms with van der Waals surface area (Å²) in [4.78, 5) is 33.8. The van der Waals surface area contributed by atoms with E-state index in [4.69, 9.17) is 0 Å². The Bertz CT molecular complexity index is 554. The highest BCUT2D eigenvalue weighted by Crippen LogP contribution is 2.33. The first-order valence-electron chi connectivity index (χ1n) is 6.52. The van der Waals surface area contributed by atoms with Gasteiger partial charge in [0, 0.05) is 23.6 Å². The molecule has 0 aliphatic heterocycles. The standard InChI is InChI=1S/C14H15NO5/c16-13(9-4-3-5-10(8-9)15(19)20)11-6-1-2-7-12(11)14(17)18/h3-5,8,11-12H,1-2,6-7H2,(H,17,18)/t11-,12+/m0/s1. The number of aliphatic carboxylic acids is 1. The van der Waals surface area contributed by atoms with Crippen molar-refractivity contribution in [1.29, 1.82) is 0 Å². The highest BCUT2D eigenvalue weighted by molar-refractivity contribution is 6.00. The van der Waals surface area contributed by atoms with E-state index in [2.05, 4.69) is 0 Å². The summed E-state index contributed by atoms with van der Waals surface area (Å²) in [5, 5.41) is 19.9. The second-order valence-electron chi connectivity index (χ2n) is 5.01. The molecule has 0 bridgehead atoms. The molecule has 0 saturated heterocycles. The maximum absolute atomic E-state index is 12.4. The van der Waals surface area contributed by atoms with Gasteiger partial charge in [-0.25, -0.2) is 0 Å². The van der Waals surface area contributed by atoms with Crippen molar-refractivity contribution in [1.82, 2.24) is 0 Å². The van der Waals surface area contributed by atoms with Crippen LogP contribution in [0, 0.1) is 22.0 Å². The van der Waals surface area contributed by atoms with Crippen LogP contribution in [-0.4, -0.2) is 21.8 Å². The molecule has 20 heavy (non-hydrogen) atoms. The molecule has 0 aromatic heterocycles. The summed E-state index contributed by atoms with van der Waals surface area (Å²) in [6, 6.07) is 5.48. The Morgan fingerprint density at radius 2 is 1.85 bits per heavy atom. The van der Waals surface area contributed by atoms with E-state index >= 15 is 0 Å². The molecular weight excluding hydrogens is 262 g/mol. The van der Waals surface area contributed by atoms with Crippen molar-refractivity contribution in [3.63, 3.8) is 0 Å². The molecule has 1 aromatic rings. The lowest BCUT2D eigenvalue weighted by Gasteiger charge is -2.27. The number of nitrogens with zero attached hydrogens (tertiary/aromatic N) is 1. The quantitative estimate of drug-likeness (QED) is 0.518. The highest BCUT2D eigenvalue weighted by atomic mass is 16.6. The highest BCUT2D eigenvalue weighted by Gasteiger charge is 2.36. The zero-order chi connectivity index (χ0) is 14.7. The van der Waals surface area contributed by atoms with Crippen LogP contribution in [0.2, 0.25) is 0 Å². The number of hydrogen-bond donors (Lipinski definition) is 1. The molecule has 0 radical (unpaired) electrons. The number of carbonyl (C=O) groups is 2. The first kappa shape index (κ1) is 14.2. The number of non-ortho nitro benzene ring substituents is 1. The number of Topliss-reactive ketones (excluding diaryl/α,β-unsaturated/α-hetero) is 1. The SMILES string of the molecule is O=C(c1cccc([N+](=O)[O-])c1)[C@H]1CCCC[C@H]1C(=O)O. The maximum atomic E-state index is 12.4. The van der Waals surface area contributed by atoms with Crippen LogP contribution in [-0.2, 0) is 4.79 Å². The number of ketones is 1. The molecule has 6 heteroatoms. The predicted molar refractivity (Wildman–Crippen MR) is 70.5 cm³/mol. The summed E-state index contributed by atoms with van der Waals surface area (Å²) in [6.45, 7) is 0. The zero-order valence-electron chi connectivity index (χ0n) is 10.8. The minimum atomic E-state index is -0.964. The number of hydrogen-bond acceptors (Lipinski definition) is 4. The molecule has 2 atom stereocenters. The Hall–Kier alpha value is -2.24. The second-order valence-corrected chi connectivity index (χ2v) is 5.01. The summed E-state index contributed by atoms with van der Waals surface area (Å²) in [5.74, 6) is -2.53. The van der Waals surface area contributed by atoms with E-state index in [1.54, 1.807) is 0 Å². The molecule has 0 amide bonds. The van der Waals surface area contributed by atoms with Crippen molar-refractivity contribution < 1.29 is 19.6 Å². The molecule has 1 aliphatic carbocycles. The van der Waals surface area contributed by atoms with Gasteiger partial charge >= 0.3 is 5.97 Å². The summed E-state index contributed by atoms with van der Waals surface area (Å²) < 4.78 is 0. The van der Waals surface area contributed by atoms with Crippen molar-refractivity contribution in [3.05, 3.63) is 39.9 Å². The van der Waals surface area contributed by atoms with Gasteiger partial charge in [0.15, 0.2) is 5.78 Å². The number of nitro groups is 1. The molecule has 1 aromatic carbocycles. The average Bonchev–Trinajstić information content (AvgIpc) is 2.46. The van der Waals surface area contributed by atoms with Gasteiger partial charge in [0.2, 0.25) is 0 Å². The van der Waals surface area contributed by atoms with Crippen LogP contribution in [0.1, 0.15) is 36.0 Å². The number of nitro benzene ring substituents is 1. The Kier molecular flexibility index (Phi) is 4.12. The molecule has 0 spiro atoms. The van der Waals surface area contributed by atoms with Gasteiger partial charge in [-0.2, -0.15) is 0 Å². The summed E-state index contributed by atoms with van der Waals surface area (Å²) in [6.07, 6.45) is 2.63. The molecule has 1 fully saturated rings. The third-order valence-electron chi connectivity index (χ3n) is 3.76. The second kappa shape index (κ2) is 5.81. The van der Waals surface area contributed by atoms with Crippen LogP contribution >= 0.6 is 0 Å². The van der Waals surface area contributed by atoms with Gasteiger partial charge in [-0.1, -0.05) is 25.0 Å². The fourth-order valence-corrected chi connectivity index (χ4v) is 2.73. The Balaban J connectivity index is 2.27. The number of carboxylic acid groups (broad SMARTS) is 1. The molecule has 6 nitrogen and oxygen atoms in total. The molecule has 106 valence electrons. The Labute approximate surface area is 115 Å². The van der Waals surface area contributed by atoms with Crippen LogP contribution in [0.4, 0.5) is 5.69 Å². The van der Waals surface area contributed by atoms with Crippen LogP contribution in [0.3, 0.4) is 0 Å². The third-order valence-corrected chi connectivity index (χ3v) is 3.76. The lowest BCUT2D eigenvalue weighted by atomic mass is 9.75. The first-order valence-corrected chi connectivity index (χ1v) is 6.52. The lowest BCUT2D eigenvalue weighted by molar-refractivity contribution is -0.384. The summed E-state index contributed by atoms with van der Waals surface area (Å²) >= 11 is 0. The Morgan fingerprint density at radius 3 is 2.45 bits per heavy atom.